The Hall–Kier alpha value is -1.07. The largest absolute Gasteiger partial charge is 0.459 e. The molecule has 27 heavy (non-hydrogen) atoms. The summed E-state index contributed by atoms with van der Waals surface area (Å²) < 4.78 is 12.0. The molecular formula is C22H37NO4. The van der Waals surface area contributed by atoms with Gasteiger partial charge in [-0.25, -0.2) is 0 Å². The molecule has 2 atom stereocenters. The quantitative estimate of drug-likeness (QED) is 0.648. The third kappa shape index (κ3) is 5.71. The average molecular weight is 380 g/mol. The Morgan fingerprint density at radius 2 is 1.85 bits per heavy atom. The summed E-state index contributed by atoms with van der Waals surface area (Å²) >= 11 is 0. The van der Waals surface area contributed by atoms with Crippen LogP contribution in [0.25, 0.3) is 0 Å². The Morgan fingerprint density at radius 3 is 2.56 bits per heavy atom. The molecular weight excluding hydrogens is 342 g/mol. The molecule has 0 radical (unpaired) electrons. The molecule has 2 aliphatic carbocycles. The Bertz CT molecular complexity index is 495. The van der Waals surface area contributed by atoms with Gasteiger partial charge >= 0.3 is 0 Å². The first-order valence-corrected chi connectivity index (χ1v) is 11.1. The zero-order valence-corrected chi connectivity index (χ0v) is 16.9. The summed E-state index contributed by atoms with van der Waals surface area (Å²) in [5, 5.41) is 8.94. The molecule has 5 nitrogen and oxygen atoms in total. The van der Waals surface area contributed by atoms with Gasteiger partial charge in [0.25, 0.3) is 5.91 Å². The molecule has 0 bridgehead atoms. The average Bonchev–Trinajstić information content (AvgIpc) is 3.25. The number of carbonyl (C=O) groups excluding carboxylic acids is 1. The lowest BCUT2D eigenvalue weighted by Crippen LogP contribution is -2.41. The predicted molar refractivity (Wildman–Crippen MR) is 105 cm³/mol. The second-order valence-electron chi connectivity index (χ2n) is 8.53. The monoisotopic (exact) mass is 379 g/mol. The number of nitrogens with zero attached hydrogens (tertiary/aromatic N) is 1. The summed E-state index contributed by atoms with van der Waals surface area (Å²) in [5.74, 6) is 1.55. The van der Waals surface area contributed by atoms with Gasteiger partial charge in [0, 0.05) is 26.1 Å². The van der Waals surface area contributed by atoms with Crippen LogP contribution in [0.3, 0.4) is 0 Å². The first-order chi connectivity index (χ1) is 13.2. The van der Waals surface area contributed by atoms with Crippen LogP contribution in [0.1, 0.15) is 77.0 Å². The van der Waals surface area contributed by atoms with Crippen molar-refractivity contribution in [3.8, 4) is 0 Å². The summed E-state index contributed by atoms with van der Waals surface area (Å²) in [4.78, 5) is 15.0. The molecule has 1 heterocycles. The fraction of sp³-hybridized carbons (Fsp3) is 0.864. The number of hydrogen-bond acceptors (Lipinski definition) is 4. The van der Waals surface area contributed by atoms with Crippen LogP contribution in [0.2, 0.25) is 0 Å². The molecule has 3 aliphatic rings. The van der Waals surface area contributed by atoms with Gasteiger partial charge in [-0.1, -0.05) is 32.1 Å². The van der Waals surface area contributed by atoms with Gasteiger partial charge in [0.05, 0.1) is 6.61 Å². The Labute approximate surface area is 164 Å². The maximum Gasteiger partial charge on any atom is 0.288 e. The van der Waals surface area contributed by atoms with Crippen LogP contribution in [0, 0.1) is 11.8 Å². The van der Waals surface area contributed by atoms with Crippen molar-refractivity contribution >= 4 is 5.91 Å². The Balaban J connectivity index is 1.64. The maximum absolute atomic E-state index is 13.1. The standard InChI is InChI=1S/C22H37NO4/c1-23(19-11-3-2-4-12-19)22(25)20-15-18(17-9-5-6-10-17)16-21(27-20)26-14-8-7-13-24/h15,17-19,21,24H,2-14,16H2,1H3/t18-,21+/m1/s1. The van der Waals surface area contributed by atoms with Crippen LogP contribution < -0.4 is 0 Å². The minimum Gasteiger partial charge on any atom is -0.459 e. The molecule has 0 aromatic rings. The topological polar surface area (TPSA) is 59.0 Å². The zero-order chi connectivity index (χ0) is 19.1. The van der Waals surface area contributed by atoms with Gasteiger partial charge in [-0.3, -0.25) is 4.79 Å². The molecule has 0 saturated heterocycles. The van der Waals surface area contributed by atoms with E-state index in [1.54, 1.807) is 0 Å². The second kappa shape index (κ2) is 10.5. The number of ether oxygens (including phenoxy) is 2. The van der Waals surface area contributed by atoms with Crippen molar-refractivity contribution in [2.24, 2.45) is 11.8 Å². The fourth-order valence-electron chi connectivity index (χ4n) is 4.89. The lowest BCUT2D eigenvalue weighted by Gasteiger charge is -2.35. The van der Waals surface area contributed by atoms with E-state index in [4.69, 9.17) is 14.6 Å². The highest BCUT2D eigenvalue weighted by atomic mass is 16.7. The normalized spacial score (nSPS) is 27.3. The van der Waals surface area contributed by atoms with Crippen molar-refractivity contribution in [3.63, 3.8) is 0 Å². The number of amides is 1. The summed E-state index contributed by atoms with van der Waals surface area (Å²) in [6.45, 7) is 0.762. The number of rotatable bonds is 8. The maximum atomic E-state index is 13.1. The SMILES string of the molecule is CN(C(=O)C1=C[C@@H](C2CCCC2)C[C@@H](OCCCCO)O1)C1CCCCC1. The van der Waals surface area contributed by atoms with Crippen molar-refractivity contribution < 1.29 is 19.4 Å². The minimum atomic E-state index is -0.335. The van der Waals surface area contributed by atoms with Crippen molar-refractivity contribution in [3.05, 3.63) is 11.8 Å². The van der Waals surface area contributed by atoms with Crippen molar-refractivity contribution in [1.82, 2.24) is 4.90 Å². The highest BCUT2D eigenvalue weighted by molar-refractivity contribution is 5.91. The van der Waals surface area contributed by atoms with Gasteiger partial charge < -0.3 is 19.5 Å². The van der Waals surface area contributed by atoms with Gasteiger partial charge in [-0.05, 0) is 56.4 Å². The van der Waals surface area contributed by atoms with E-state index >= 15 is 0 Å². The number of aliphatic hydroxyl groups is 1. The van der Waals surface area contributed by atoms with Crippen LogP contribution in [-0.2, 0) is 14.3 Å². The molecule has 0 unspecified atom stereocenters. The molecule has 1 aliphatic heterocycles. The van der Waals surface area contributed by atoms with E-state index in [0.29, 0.717) is 30.2 Å². The number of hydrogen-bond donors (Lipinski definition) is 1. The van der Waals surface area contributed by atoms with E-state index < -0.39 is 0 Å². The van der Waals surface area contributed by atoms with E-state index in [9.17, 15) is 4.79 Å². The van der Waals surface area contributed by atoms with Gasteiger partial charge in [-0.15, -0.1) is 0 Å². The number of unbranched alkanes of at least 4 members (excludes halogenated alkanes) is 1. The second-order valence-corrected chi connectivity index (χ2v) is 8.53. The number of allylic oxidation sites excluding steroid dienone is 1. The molecule has 0 spiro atoms. The van der Waals surface area contributed by atoms with Crippen LogP contribution >= 0.6 is 0 Å². The first-order valence-electron chi connectivity index (χ1n) is 11.1. The number of aliphatic hydroxyl groups excluding tert-OH is 1. The summed E-state index contributed by atoms with van der Waals surface area (Å²) in [5.41, 5.74) is 0. The Kier molecular flexibility index (Phi) is 8.01. The van der Waals surface area contributed by atoms with Gasteiger partial charge in [0.15, 0.2) is 5.76 Å². The van der Waals surface area contributed by atoms with Crippen LogP contribution in [0.4, 0.5) is 0 Å². The molecule has 3 rings (SSSR count). The van der Waals surface area contributed by atoms with Crippen molar-refractivity contribution in [1.29, 1.82) is 0 Å². The summed E-state index contributed by atoms with van der Waals surface area (Å²) in [6.07, 6.45) is 15.2. The minimum absolute atomic E-state index is 0.0218. The molecule has 154 valence electrons. The molecule has 5 heteroatoms. The van der Waals surface area contributed by atoms with E-state index in [-0.39, 0.29) is 18.8 Å². The first kappa shape index (κ1) is 20.7. The molecule has 2 fully saturated rings. The zero-order valence-electron chi connectivity index (χ0n) is 16.9. The number of carbonyl (C=O) groups is 1. The van der Waals surface area contributed by atoms with Crippen LogP contribution in [0.15, 0.2) is 11.8 Å². The summed E-state index contributed by atoms with van der Waals surface area (Å²) in [7, 11) is 1.93. The van der Waals surface area contributed by atoms with E-state index in [0.717, 1.165) is 32.1 Å². The molecule has 2 saturated carbocycles. The third-order valence-electron chi connectivity index (χ3n) is 6.60. The lowest BCUT2D eigenvalue weighted by molar-refractivity contribution is -0.157. The summed E-state index contributed by atoms with van der Waals surface area (Å²) in [6, 6.07) is 0.339. The van der Waals surface area contributed by atoms with E-state index in [1.165, 1.54) is 44.9 Å². The van der Waals surface area contributed by atoms with Crippen LogP contribution in [-0.4, -0.2) is 48.5 Å². The van der Waals surface area contributed by atoms with Crippen molar-refractivity contribution in [2.45, 2.75) is 89.4 Å². The van der Waals surface area contributed by atoms with Gasteiger partial charge in [0.2, 0.25) is 6.29 Å². The molecule has 0 aromatic heterocycles. The third-order valence-corrected chi connectivity index (χ3v) is 6.60. The smallest absolute Gasteiger partial charge is 0.288 e. The van der Waals surface area contributed by atoms with E-state index in [1.807, 2.05) is 11.9 Å². The number of likely N-dealkylation sites (N-methyl/N-ethyl adjacent to an activating group) is 1. The fourth-order valence-corrected chi connectivity index (χ4v) is 4.89. The molecule has 1 amide bonds. The predicted octanol–water partition coefficient (Wildman–Crippen LogP) is 4.00. The molecule has 0 aromatic carbocycles. The Morgan fingerprint density at radius 1 is 1.15 bits per heavy atom. The van der Waals surface area contributed by atoms with Crippen LogP contribution in [0.5, 0.6) is 0 Å². The van der Waals surface area contributed by atoms with Gasteiger partial charge in [0.1, 0.15) is 0 Å². The highest BCUT2D eigenvalue weighted by Crippen LogP contribution is 2.38. The highest BCUT2D eigenvalue weighted by Gasteiger charge is 2.35. The van der Waals surface area contributed by atoms with E-state index in [2.05, 4.69) is 6.08 Å². The van der Waals surface area contributed by atoms with Crippen molar-refractivity contribution in [2.75, 3.05) is 20.3 Å². The molecule has 1 N–H and O–H groups in total. The lowest BCUT2D eigenvalue weighted by atomic mass is 9.86. The van der Waals surface area contributed by atoms with Gasteiger partial charge in [-0.2, -0.15) is 0 Å².